The van der Waals surface area contributed by atoms with Crippen LogP contribution < -0.4 is 5.32 Å². The van der Waals surface area contributed by atoms with E-state index in [-0.39, 0.29) is 82.8 Å². The second kappa shape index (κ2) is 20.6. The van der Waals surface area contributed by atoms with Crippen molar-refractivity contribution >= 4 is 23.9 Å². The normalized spacial score (nSPS) is 12.4. The van der Waals surface area contributed by atoms with Crippen molar-refractivity contribution in [3.63, 3.8) is 0 Å². The molecule has 0 bridgehead atoms. The third kappa shape index (κ3) is 29.9. The molecule has 0 fully saturated rings. The summed E-state index contributed by atoms with van der Waals surface area (Å²) in [6.07, 6.45) is 1.48. The molecule has 1 N–H and O–H groups in total. The minimum atomic E-state index is -0.768. The zero-order chi connectivity index (χ0) is 35.5. The van der Waals surface area contributed by atoms with Crippen molar-refractivity contribution in [1.29, 1.82) is 0 Å². The maximum absolute atomic E-state index is 11.9. The zero-order valence-electron chi connectivity index (χ0n) is 30.1. The van der Waals surface area contributed by atoms with Gasteiger partial charge in [0.05, 0.1) is 64.4 Å². The van der Waals surface area contributed by atoms with Gasteiger partial charge in [0.1, 0.15) is 22.4 Å². The molecule has 0 aliphatic rings. The second-order valence-corrected chi connectivity index (χ2v) is 14.4. The Morgan fingerprint density at radius 1 is 0.533 bits per heavy atom. The maximum Gasteiger partial charge on any atom is 0.330 e. The summed E-state index contributed by atoms with van der Waals surface area (Å²) >= 11 is 0. The molecule has 0 saturated heterocycles. The van der Waals surface area contributed by atoms with Gasteiger partial charge in [-0.15, -0.1) is 0 Å². The topological polar surface area (TPSA) is 145 Å². The standard InChI is InChI=1S/C26H49NO9.C7H12O2/c1-23(2,3)34-20(28)11-14-31-17-26(27-10,18-32-15-12-21(29)35-24(4,5)6)19-33-16-13-22(30)36-25(7,8)9;1-5-6(8)9-7(2,3)4/h27H,11-19H2,1-10H3;5H,1H2,2-4H3. The lowest BCUT2D eigenvalue weighted by molar-refractivity contribution is -0.157. The van der Waals surface area contributed by atoms with E-state index in [1.165, 1.54) is 0 Å². The van der Waals surface area contributed by atoms with E-state index in [1.807, 2.05) is 20.8 Å². The molecule has 12 heteroatoms. The Hall–Kier alpha value is -2.54. The van der Waals surface area contributed by atoms with Crippen LogP contribution in [0.1, 0.15) is 102 Å². The molecule has 0 spiro atoms. The van der Waals surface area contributed by atoms with Crippen LogP contribution in [0.4, 0.5) is 0 Å². The minimum Gasteiger partial charge on any atom is -0.460 e. The van der Waals surface area contributed by atoms with Gasteiger partial charge in [0.25, 0.3) is 0 Å². The SMILES string of the molecule is C=CC(=O)OC(C)(C)C.CNC(COCCC(=O)OC(C)(C)C)(COCCC(=O)OC(C)(C)C)COCCC(=O)OC(C)(C)C. The van der Waals surface area contributed by atoms with Gasteiger partial charge >= 0.3 is 23.9 Å². The van der Waals surface area contributed by atoms with Gasteiger partial charge in [-0.2, -0.15) is 0 Å². The van der Waals surface area contributed by atoms with Crippen LogP contribution in [0.5, 0.6) is 0 Å². The van der Waals surface area contributed by atoms with E-state index in [2.05, 4.69) is 11.9 Å². The molecule has 0 radical (unpaired) electrons. The van der Waals surface area contributed by atoms with Crippen molar-refractivity contribution in [1.82, 2.24) is 5.32 Å². The molecule has 0 aliphatic heterocycles. The van der Waals surface area contributed by atoms with Gasteiger partial charge in [0.15, 0.2) is 0 Å². The van der Waals surface area contributed by atoms with Crippen LogP contribution in [-0.2, 0) is 52.3 Å². The van der Waals surface area contributed by atoms with Crippen LogP contribution >= 0.6 is 0 Å². The maximum atomic E-state index is 11.9. The fourth-order valence-corrected chi connectivity index (χ4v) is 3.13. The highest BCUT2D eigenvalue weighted by molar-refractivity contribution is 5.81. The van der Waals surface area contributed by atoms with Gasteiger partial charge in [-0.1, -0.05) is 6.58 Å². The Morgan fingerprint density at radius 2 is 0.800 bits per heavy atom. The van der Waals surface area contributed by atoms with Crippen LogP contribution in [-0.4, -0.2) is 98.5 Å². The molecule has 0 aromatic rings. The smallest absolute Gasteiger partial charge is 0.330 e. The predicted molar refractivity (Wildman–Crippen MR) is 172 cm³/mol. The summed E-state index contributed by atoms with van der Waals surface area (Å²) in [7, 11) is 1.74. The number of hydrogen-bond acceptors (Lipinski definition) is 12. The van der Waals surface area contributed by atoms with E-state index in [9.17, 15) is 19.2 Å². The van der Waals surface area contributed by atoms with Crippen molar-refractivity contribution in [2.75, 3.05) is 46.7 Å². The van der Waals surface area contributed by atoms with E-state index in [1.54, 1.807) is 69.4 Å². The number of carbonyl (C=O) groups excluding carboxylic acids is 4. The van der Waals surface area contributed by atoms with Gasteiger partial charge in [-0.05, 0) is 90.1 Å². The number of esters is 4. The highest BCUT2D eigenvalue weighted by atomic mass is 16.6. The summed E-state index contributed by atoms with van der Waals surface area (Å²) in [6.45, 7) is 26.0. The lowest BCUT2D eigenvalue weighted by Gasteiger charge is -2.33. The van der Waals surface area contributed by atoms with Crippen LogP contribution in [0.3, 0.4) is 0 Å². The van der Waals surface area contributed by atoms with Gasteiger partial charge < -0.3 is 38.5 Å². The highest BCUT2D eigenvalue weighted by Crippen LogP contribution is 2.13. The van der Waals surface area contributed by atoms with Gasteiger partial charge in [-0.3, -0.25) is 14.4 Å². The first-order valence-corrected chi connectivity index (χ1v) is 15.2. The van der Waals surface area contributed by atoms with E-state index in [4.69, 9.17) is 33.2 Å². The first-order valence-electron chi connectivity index (χ1n) is 15.2. The van der Waals surface area contributed by atoms with Crippen LogP contribution in [0.2, 0.25) is 0 Å². The van der Waals surface area contributed by atoms with Crippen molar-refractivity contribution in [3.05, 3.63) is 12.7 Å². The molecule has 0 amide bonds. The average Bonchev–Trinajstić information content (AvgIpc) is 2.82. The molecule has 0 saturated carbocycles. The Labute approximate surface area is 271 Å². The third-order valence-electron chi connectivity index (χ3n) is 4.85. The number of ether oxygens (including phenoxy) is 7. The Morgan fingerprint density at radius 3 is 0.978 bits per heavy atom. The minimum absolute atomic E-state index is 0.107. The monoisotopic (exact) mass is 647 g/mol. The molecule has 0 aromatic heterocycles. The van der Waals surface area contributed by atoms with E-state index < -0.39 is 27.9 Å². The van der Waals surface area contributed by atoms with Crippen LogP contribution in [0.25, 0.3) is 0 Å². The summed E-state index contributed by atoms with van der Waals surface area (Å²) in [5, 5.41) is 3.17. The third-order valence-corrected chi connectivity index (χ3v) is 4.85. The Bertz CT molecular complexity index is 815. The second-order valence-electron chi connectivity index (χ2n) is 14.4. The summed E-state index contributed by atoms with van der Waals surface area (Å²) in [5.74, 6) is -1.41. The summed E-state index contributed by atoms with van der Waals surface area (Å²) in [6, 6.07) is 0. The Balaban J connectivity index is 0. The van der Waals surface area contributed by atoms with Crippen molar-refractivity contribution < 1.29 is 52.3 Å². The summed E-state index contributed by atoms with van der Waals surface area (Å²) in [5.41, 5.74) is -2.84. The van der Waals surface area contributed by atoms with Gasteiger partial charge in [0, 0.05) is 6.08 Å². The number of nitrogens with one attached hydrogen (secondary N) is 1. The van der Waals surface area contributed by atoms with Crippen molar-refractivity contribution in [2.45, 2.75) is 130 Å². The quantitative estimate of drug-likeness (QED) is 0.101. The summed E-state index contributed by atoms with van der Waals surface area (Å²) < 4.78 is 38.0. The average molecular weight is 648 g/mol. The largest absolute Gasteiger partial charge is 0.460 e. The Kier molecular flexibility index (Phi) is 20.4. The number of rotatable bonds is 17. The predicted octanol–water partition coefficient (Wildman–Crippen LogP) is 4.70. The summed E-state index contributed by atoms with van der Waals surface area (Å²) in [4.78, 5) is 46.3. The molecule has 0 aromatic carbocycles. The fraction of sp³-hybridized carbons (Fsp3) is 0.818. The molecular formula is C33H61NO11. The molecule has 45 heavy (non-hydrogen) atoms. The molecule has 0 atom stereocenters. The first-order chi connectivity index (χ1) is 20.3. The molecule has 0 aliphatic carbocycles. The first kappa shape index (κ1) is 44.6. The highest BCUT2D eigenvalue weighted by Gasteiger charge is 2.31. The van der Waals surface area contributed by atoms with Crippen LogP contribution in [0, 0.1) is 0 Å². The molecular weight excluding hydrogens is 586 g/mol. The van der Waals surface area contributed by atoms with Crippen molar-refractivity contribution in [3.8, 4) is 0 Å². The van der Waals surface area contributed by atoms with E-state index >= 15 is 0 Å². The lowest BCUT2D eigenvalue weighted by Crippen LogP contribution is -2.55. The fourth-order valence-electron chi connectivity index (χ4n) is 3.13. The van der Waals surface area contributed by atoms with E-state index in [0.717, 1.165) is 6.08 Å². The number of carbonyl (C=O) groups is 4. The van der Waals surface area contributed by atoms with Crippen LogP contribution in [0.15, 0.2) is 12.7 Å². The molecule has 0 heterocycles. The number of likely N-dealkylation sites (N-methyl/N-ethyl adjacent to an activating group) is 1. The van der Waals surface area contributed by atoms with Crippen molar-refractivity contribution in [2.24, 2.45) is 0 Å². The number of hydrogen-bond donors (Lipinski definition) is 1. The van der Waals surface area contributed by atoms with Gasteiger partial charge in [0.2, 0.25) is 0 Å². The molecule has 0 unspecified atom stereocenters. The van der Waals surface area contributed by atoms with E-state index in [0.29, 0.717) is 0 Å². The lowest BCUT2D eigenvalue weighted by atomic mass is 10.0. The molecule has 264 valence electrons. The molecule has 12 nitrogen and oxygen atoms in total. The molecule has 0 rings (SSSR count). The zero-order valence-corrected chi connectivity index (χ0v) is 30.1. The van der Waals surface area contributed by atoms with Gasteiger partial charge in [-0.25, -0.2) is 4.79 Å².